The van der Waals surface area contributed by atoms with Crippen LogP contribution in [0.25, 0.3) is 0 Å². The molecule has 0 heterocycles. The number of unbranched alkanes of at least 4 members (excludes halogenated alkanes) is 1. The van der Waals surface area contributed by atoms with Crippen molar-refractivity contribution in [1.82, 2.24) is 4.90 Å². The highest BCUT2D eigenvalue weighted by Gasteiger charge is 2.15. The van der Waals surface area contributed by atoms with Crippen molar-refractivity contribution in [1.29, 1.82) is 0 Å². The van der Waals surface area contributed by atoms with E-state index in [2.05, 4.69) is 0 Å². The van der Waals surface area contributed by atoms with Gasteiger partial charge in [0.15, 0.2) is 11.6 Å². The van der Waals surface area contributed by atoms with Crippen molar-refractivity contribution >= 4 is 5.91 Å². The Morgan fingerprint density at radius 2 is 1.94 bits per heavy atom. The fourth-order valence-electron chi connectivity index (χ4n) is 1.56. The quantitative estimate of drug-likeness (QED) is 0.775. The summed E-state index contributed by atoms with van der Waals surface area (Å²) in [5.74, 6) is -2.17. The van der Waals surface area contributed by atoms with Gasteiger partial charge in [-0.2, -0.15) is 0 Å². The maximum atomic E-state index is 13.0. The molecule has 0 saturated carbocycles. The molecule has 0 aromatic heterocycles. The topological polar surface area (TPSA) is 20.3 Å². The van der Waals surface area contributed by atoms with Gasteiger partial charge in [-0.1, -0.05) is 13.3 Å². The van der Waals surface area contributed by atoms with Crippen molar-refractivity contribution in [2.45, 2.75) is 26.7 Å². The fourth-order valence-corrected chi connectivity index (χ4v) is 1.56. The Morgan fingerprint density at radius 1 is 1.24 bits per heavy atom. The van der Waals surface area contributed by atoms with Crippen LogP contribution in [0.2, 0.25) is 0 Å². The third kappa shape index (κ3) is 3.51. The van der Waals surface area contributed by atoms with Crippen LogP contribution in [0.5, 0.6) is 0 Å². The van der Waals surface area contributed by atoms with Gasteiger partial charge < -0.3 is 4.90 Å². The molecule has 2 nitrogen and oxygen atoms in total. The lowest BCUT2D eigenvalue weighted by Crippen LogP contribution is -2.31. The molecule has 0 bridgehead atoms. The standard InChI is InChI=1S/C13H17F2NO/c1-3-5-8-16(4-2)13(17)10-6-7-11(14)12(15)9-10/h6-7,9H,3-5,8H2,1-2H3. The van der Waals surface area contributed by atoms with Gasteiger partial charge in [0.2, 0.25) is 0 Å². The maximum Gasteiger partial charge on any atom is 0.253 e. The lowest BCUT2D eigenvalue weighted by molar-refractivity contribution is 0.0761. The molecule has 0 atom stereocenters. The first-order valence-corrected chi connectivity index (χ1v) is 5.84. The Bertz CT molecular complexity index is 393. The molecule has 0 unspecified atom stereocenters. The number of amides is 1. The number of hydrogen-bond donors (Lipinski definition) is 0. The Balaban J connectivity index is 2.82. The van der Waals surface area contributed by atoms with E-state index in [0.717, 1.165) is 25.0 Å². The Morgan fingerprint density at radius 3 is 2.47 bits per heavy atom. The van der Waals surface area contributed by atoms with E-state index in [0.29, 0.717) is 13.1 Å². The zero-order valence-electron chi connectivity index (χ0n) is 10.2. The minimum atomic E-state index is -0.984. The summed E-state index contributed by atoms with van der Waals surface area (Å²) in [6.45, 7) is 5.12. The summed E-state index contributed by atoms with van der Waals surface area (Å²) < 4.78 is 25.8. The zero-order valence-corrected chi connectivity index (χ0v) is 10.2. The van der Waals surface area contributed by atoms with Gasteiger partial charge in [-0.05, 0) is 31.5 Å². The van der Waals surface area contributed by atoms with Crippen molar-refractivity contribution in [3.63, 3.8) is 0 Å². The van der Waals surface area contributed by atoms with Crippen LogP contribution in [0.3, 0.4) is 0 Å². The predicted octanol–water partition coefficient (Wildman–Crippen LogP) is 3.23. The second kappa shape index (κ2) is 6.33. The molecule has 0 N–H and O–H groups in total. The first kappa shape index (κ1) is 13.6. The largest absolute Gasteiger partial charge is 0.339 e. The predicted molar refractivity (Wildman–Crippen MR) is 62.8 cm³/mol. The Labute approximate surface area is 100 Å². The van der Waals surface area contributed by atoms with Crippen LogP contribution in [0, 0.1) is 11.6 Å². The van der Waals surface area contributed by atoms with E-state index in [-0.39, 0.29) is 11.5 Å². The summed E-state index contributed by atoms with van der Waals surface area (Å²) in [5.41, 5.74) is 0.196. The van der Waals surface area contributed by atoms with Crippen LogP contribution >= 0.6 is 0 Å². The molecule has 94 valence electrons. The van der Waals surface area contributed by atoms with Crippen LogP contribution in [-0.2, 0) is 0 Å². The SMILES string of the molecule is CCCCN(CC)C(=O)c1ccc(F)c(F)c1. The molecular weight excluding hydrogens is 224 g/mol. The van der Waals surface area contributed by atoms with E-state index in [9.17, 15) is 13.6 Å². The van der Waals surface area contributed by atoms with Crippen LogP contribution in [0.4, 0.5) is 8.78 Å². The van der Waals surface area contributed by atoms with Gasteiger partial charge in [0.25, 0.3) is 5.91 Å². The van der Waals surface area contributed by atoms with Gasteiger partial charge in [-0.25, -0.2) is 8.78 Å². The Hall–Kier alpha value is -1.45. The molecule has 1 amide bonds. The monoisotopic (exact) mass is 241 g/mol. The molecule has 0 radical (unpaired) electrons. The van der Waals surface area contributed by atoms with E-state index >= 15 is 0 Å². The first-order chi connectivity index (χ1) is 8.10. The average molecular weight is 241 g/mol. The summed E-state index contributed by atoms with van der Waals surface area (Å²) in [6, 6.07) is 3.25. The van der Waals surface area contributed by atoms with Gasteiger partial charge >= 0.3 is 0 Å². The maximum absolute atomic E-state index is 13.0. The summed E-state index contributed by atoms with van der Waals surface area (Å²) in [6.07, 6.45) is 1.89. The van der Waals surface area contributed by atoms with Crippen molar-refractivity contribution in [3.05, 3.63) is 35.4 Å². The third-order valence-corrected chi connectivity index (χ3v) is 2.62. The molecule has 1 aromatic carbocycles. The highest BCUT2D eigenvalue weighted by molar-refractivity contribution is 5.94. The number of carbonyl (C=O) groups is 1. The van der Waals surface area contributed by atoms with Crippen LogP contribution in [-0.4, -0.2) is 23.9 Å². The van der Waals surface area contributed by atoms with Crippen LogP contribution < -0.4 is 0 Å². The molecule has 0 aliphatic rings. The number of hydrogen-bond acceptors (Lipinski definition) is 1. The smallest absolute Gasteiger partial charge is 0.253 e. The van der Waals surface area contributed by atoms with Gasteiger partial charge in [0, 0.05) is 18.7 Å². The van der Waals surface area contributed by atoms with E-state index in [1.807, 2.05) is 13.8 Å². The molecule has 0 spiro atoms. The van der Waals surface area contributed by atoms with Crippen LogP contribution in [0.1, 0.15) is 37.0 Å². The molecule has 1 aromatic rings. The van der Waals surface area contributed by atoms with E-state index in [1.165, 1.54) is 6.07 Å². The molecule has 0 aliphatic heterocycles. The minimum Gasteiger partial charge on any atom is -0.339 e. The Kier molecular flexibility index (Phi) is 5.07. The average Bonchev–Trinajstić information content (AvgIpc) is 2.33. The van der Waals surface area contributed by atoms with E-state index in [1.54, 1.807) is 4.90 Å². The molecule has 1 rings (SSSR count). The number of benzene rings is 1. The van der Waals surface area contributed by atoms with E-state index < -0.39 is 11.6 Å². The zero-order chi connectivity index (χ0) is 12.8. The van der Waals surface area contributed by atoms with Gasteiger partial charge in [0.05, 0.1) is 0 Å². The number of nitrogens with zero attached hydrogens (tertiary/aromatic N) is 1. The third-order valence-electron chi connectivity index (χ3n) is 2.62. The lowest BCUT2D eigenvalue weighted by atomic mass is 10.1. The first-order valence-electron chi connectivity index (χ1n) is 5.84. The second-order valence-corrected chi connectivity index (χ2v) is 3.87. The van der Waals surface area contributed by atoms with Crippen molar-refractivity contribution in [3.8, 4) is 0 Å². The summed E-state index contributed by atoms with van der Waals surface area (Å²) in [7, 11) is 0. The van der Waals surface area contributed by atoms with Crippen LogP contribution in [0.15, 0.2) is 18.2 Å². The van der Waals surface area contributed by atoms with Crippen molar-refractivity contribution in [2.24, 2.45) is 0 Å². The normalized spacial score (nSPS) is 10.4. The summed E-state index contributed by atoms with van der Waals surface area (Å²) in [4.78, 5) is 13.6. The lowest BCUT2D eigenvalue weighted by Gasteiger charge is -2.20. The molecule has 17 heavy (non-hydrogen) atoms. The minimum absolute atomic E-state index is 0.196. The fraction of sp³-hybridized carbons (Fsp3) is 0.462. The van der Waals surface area contributed by atoms with Crippen molar-refractivity contribution in [2.75, 3.05) is 13.1 Å². The van der Waals surface area contributed by atoms with Gasteiger partial charge in [-0.15, -0.1) is 0 Å². The summed E-state index contributed by atoms with van der Waals surface area (Å²) in [5, 5.41) is 0. The van der Waals surface area contributed by atoms with Crippen molar-refractivity contribution < 1.29 is 13.6 Å². The summed E-state index contributed by atoms with van der Waals surface area (Å²) >= 11 is 0. The van der Waals surface area contributed by atoms with Gasteiger partial charge in [0.1, 0.15) is 0 Å². The molecule has 0 saturated heterocycles. The molecule has 4 heteroatoms. The number of halogens is 2. The second-order valence-electron chi connectivity index (χ2n) is 3.87. The number of carbonyl (C=O) groups excluding carboxylic acids is 1. The highest BCUT2D eigenvalue weighted by Crippen LogP contribution is 2.11. The molecule has 0 fully saturated rings. The molecule has 0 aliphatic carbocycles. The van der Waals surface area contributed by atoms with E-state index in [4.69, 9.17) is 0 Å². The highest BCUT2D eigenvalue weighted by atomic mass is 19.2. The molecular formula is C13H17F2NO. The van der Waals surface area contributed by atoms with Gasteiger partial charge in [-0.3, -0.25) is 4.79 Å². The number of rotatable bonds is 5.